The van der Waals surface area contributed by atoms with Gasteiger partial charge in [0.2, 0.25) is 13.6 Å². The average Bonchev–Trinajstić information content (AvgIpc) is 3.28. The normalized spacial score (nSPS) is 13.6. The molecule has 0 unspecified atom stereocenters. The zero-order chi connectivity index (χ0) is 18.1. The number of fused-ring (bicyclic) bond motifs is 2. The van der Waals surface area contributed by atoms with Crippen LogP contribution in [0.15, 0.2) is 36.4 Å². The van der Waals surface area contributed by atoms with Gasteiger partial charge in [-0.3, -0.25) is 0 Å². The van der Waals surface area contributed by atoms with Crippen LogP contribution >= 0.6 is 0 Å². The highest BCUT2D eigenvalue weighted by atomic mass is 32.2. The molecule has 0 radical (unpaired) electrons. The van der Waals surface area contributed by atoms with Gasteiger partial charge >= 0.3 is 23.3 Å². The van der Waals surface area contributed by atoms with Crippen LogP contribution < -0.4 is 18.9 Å². The lowest BCUT2D eigenvalue weighted by molar-refractivity contribution is 0.0675. The Kier molecular flexibility index (Phi) is 4.09. The van der Waals surface area contributed by atoms with Gasteiger partial charge in [0, 0.05) is 0 Å². The van der Waals surface area contributed by atoms with E-state index in [-0.39, 0.29) is 24.7 Å². The Bertz CT molecular complexity index is 850. The highest BCUT2D eigenvalue weighted by molar-refractivity contribution is 7.76. The van der Waals surface area contributed by atoms with Crippen LogP contribution in [0.5, 0.6) is 23.0 Å². The summed E-state index contributed by atoms with van der Waals surface area (Å²) in [4.78, 5) is 24.0. The van der Waals surface area contributed by atoms with Crippen LogP contribution in [0.3, 0.4) is 0 Å². The minimum absolute atomic E-state index is 0.0485. The third kappa shape index (κ3) is 3.14. The van der Waals surface area contributed by atoms with Gasteiger partial charge in [-0.15, -0.1) is 0 Å². The second kappa shape index (κ2) is 6.56. The molecule has 2 aromatic rings. The molecule has 2 aliphatic rings. The predicted molar refractivity (Wildman–Crippen MR) is 84.1 cm³/mol. The number of rotatable bonds is 4. The first-order chi connectivity index (χ1) is 12.6. The maximum Gasteiger partial charge on any atom is 0.423 e. The van der Waals surface area contributed by atoms with E-state index >= 15 is 0 Å². The van der Waals surface area contributed by atoms with Crippen molar-refractivity contribution in [2.24, 2.45) is 0 Å². The van der Waals surface area contributed by atoms with Crippen molar-refractivity contribution >= 4 is 23.3 Å². The largest absolute Gasteiger partial charge is 0.454 e. The molecule has 26 heavy (non-hydrogen) atoms. The summed E-state index contributed by atoms with van der Waals surface area (Å²) in [6.45, 7) is 0.0970. The number of carbonyl (C=O) groups is 2. The van der Waals surface area contributed by atoms with Gasteiger partial charge in [-0.2, -0.15) is 4.21 Å². The van der Waals surface area contributed by atoms with E-state index in [4.69, 9.17) is 18.9 Å². The molecule has 0 atom stereocenters. The first kappa shape index (κ1) is 16.2. The summed E-state index contributed by atoms with van der Waals surface area (Å²) in [6.07, 6.45) is 0. The Balaban J connectivity index is 1.39. The smallest absolute Gasteiger partial charge is 0.423 e. The maximum atomic E-state index is 12.0. The van der Waals surface area contributed by atoms with Crippen molar-refractivity contribution < 1.29 is 41.1 Å². The molecule has 0 N–H and O–H groups in total. The fourth-order valence-electron chi connectivity index (χ4n) is 2.28. The minimum Gasteiger partial charge on any atom is -0.454 e. The van der Waals surface area contributed by atoms with Crippen molar-refractivity contribution in [2.45, 2.75) is 0 Å². The van der Waals surface area contributed by atoms with Gasteiger partial charge in [0.05, 0.1) is 11.1 Å². The maximum absolute atomic E-state index is 12.0. The lowest BCUT2D eigenvalue weighted by Gasteiger charge is -2.05. The van der Waals surface area contributed by atoms with Gasteiger partial charge < -0.3 is 27.3 Å². The standard InChI is InChI=1S/C16H10O9S/c17-15(9-1-3-11-13(5-9)22-7-20-11)24-26(19)25-16(18)10-2-4-12-14(6-10)23-8-21-12/h1-6H,7-8H2. The van der Waals surface area contributed by atoms with Gasteiger partial charge in [0.1, 0.15) is 0 Å². The van der Waals surface area contributed by atoms with E-state index in [1.807, 2.05) is 0 Å². The molecule has 0 saturated carbocycles. The highest BCUT2D eigenvalue weighted by Gasteiger charge is 2.22. The SMILES string of the molecule is O=C(OS(=O)OC(=O)c1ccc2c(c1)OCO2)c1ccc2c(c1)OCO2. The third-order valence-corrected chi connectivity index (χ3v) is 4.08. The Morgan fingerprint density at radius 2 is 1.15 bits per heavy atom. The predicted octanol–water partition coefficient (Wildman–Crippen LogP) is 1.74. The van der Waals surface area contributed by atoms with Crippen LogP contribution in [0.2, 0.25) is 0 Å². The first-order valence-electron chi connectivity index (χ1n) is 7.26. The Morgan fingerprint density at radius 3 is 1.62 bits per heavy atom. The molecule has 9 nitrogen and oxygen atoms in total. The Hall–Kier alpha value is -3.27. The quantitative estimate of drug-likeness (QED) is 0.786. The van der Waals surface area contributed by atoms with Gasteiger partial charge in [0.25, 0.3) is 0 Å². The molecule has 0 saturated heterocycles. The van der Waals surface area contributed by atoms with Crippen molar-refractivity contribution in [2.75, 3.05) is 13.6 Å². The fourth-order valence-corrected chi connectivity index (χ4v) is 2.76. The summed E-state index contributed by atoms with van der Waals surface area (Å²) in [5.41, 5.74) is 0.142. The first-order valence-corrected chi connectivity index (χ1v) is 8.26. The van der Waals surface area contributed by atoms with Gasteiger partial charge in [0.15, 0.2) is 23.0 Å². The van der Waals surface area contributed by atoms with Crippen molar-refractivity contribution in [3.8, 4) is 23.0 Å². The van der Waals surface area contributed by atoms with Gasteiger partial charge in [-0.25, -0.2) is 9.59 Å². The van der Waals surface area contributed by atoms with Crippen LogP contribution in [-0.2, 0) is 19.7 Å². The van der Waals surface area contributed by atoms with E-state index in [1.54, 1.807) is 0 Å². The van der Waals surface area contributed by atoms with Crippen molar-refractivity contribution in [1.29, 1.82) is 0 Å². The van der Waals surface area contributed by atoms with E-state index in [0.717, 1.165) is 0 Å². The molecule has 0 amide bonds. The summed E-state index contributed by atoms with van der Waals surface area (Å²) in [6, 6.07) is 8.60. The van der Waals surface area contributed by atoms with Crippen molar-refractivity contribution in [3.05, 3.63) is 47.5 Å². The fraction of sp³-hybridized carbons (Fsp3) is 0.125. The lowest BCUT2D eigenvalue weighted by atomic mass is 10.2. The van der Waals surface area contributed by atoms with Crippen molar-refractivity contribution in [1.82, 2.24) is 0 Å². The molecular weight excluding hydrogens is 368 g/mol. The highest BCUT2D eigenvalue weighted by Crippen LogP contribution is 2.33. The second-order valence-electron chi connectivity index (χ2n) is 5.08. The average molecular weight is 378 g/mol. The number of hydrogen-bond donors (Lipinski definition) is 0. The summed E-state index contributed by atoms with van der Waals surface area (Å²) < 4.78 is 41.6. The Morgan fingerprint density at radius 1 is 0.731 bits per heavy atom. The zero-order valence-electron chi connectivity index (χ0n) is 13.0. The lowest BCUT2D eigenvalue weighted by Crippen LogP contribution is -2.14. The van der Waals surface area contributed by atoms with Gasteiger partial charge in [-0.05, 0) is 36.4 Å². The van der Waals surface area contributed by atoms with Crippen LogP contribution in [0, 0.1) is 0 Å². The topological polar surface area (TPSA) is 107 Å². The molecule has 4 rings (SSSR count). The number of ether oxygens (including phenoxy) is 4. The molecule has 2 heterocycles. The zero-order valence-corrected chi connectivity index (χ0v) is 13.8. The van der Waals surface area contributed by atoms with Gasteiger partial charge in [-0.1, -0.05) is 0 Å². The van der Waals surface area contributed by atoms with E-state index in [9.17, 15) is 13.8 Å². The molecule has 2 aromatic carbocycles. The molecular formula is C16H10O9S. The van der Waals surface area contributed by atoms with E-state index in [2.05, 4.69) is 8.37 Å². The number of carbonyl (C=O) groups excluding carboxylic acids is 2. The third-order valence-electron chi connectivity index (χ3n) is 3.50. The van der Waals surface area contributed by atoms with Crippen LogP contribution in [-0.4, -0.2) is 29.7 Å². The number of benzene rings is 2. The monoisotopic (exact) mass is 378 g/mol. The molecule has 2 aliphatic heterocycles. The molecule has 134 valence electrons. The van der Waals surface area contributed by atoms with E-state index in [0.29, 0.717) is 23.0 Å². The minimum atomic E-state index is -2.62. The van der Waals surface area contributed by atoms with E-state index in [1.165, 1.54) is 36.4 Å². The Labute approximate surface area is 149 Å². The summed E-state index contributed by atoms with van der Waals surface area (Å²) in [7, 11) is 0. The molecule has 0 fully saturated rings. The van der Waals surface area contributed by atoms with Crippen LogP contribution in [0.25, 0.3) is 0 Å². The second-order valence-corrected chi connectivity index (χ2v) is 5.82. The summed E-state index contributed by atoms with van der Waals surface area (Å²) in [5.74, 6) is -0.195. The van der Waals surface area contributed by atoms with Crippen molar-refractivity contribution in [3.63, 3.8) is 0 Å². The van der Waals surface area contributed by atoms with E-state index < -0.39 is 23.3 Å². The summed E-state index contributed by atoms with van der Waals surface area (Å²) >= 11 is -2.62. The molecule has 0 aliphatic carbocycles. The molecule has 10 heteroatoms. The molecule has 0 spiro atoms. The van der Waals surface area contributed by atoms with Crippen LogP contribution in [0.4, 0.5) is 0 Å². The van der Waals surface area contributed by atoms with Crippen LogP contribution in [0.1, 0.15) is 20.7 Å². The number of hydrogen-bond acceptors (Lipinski definition) is 9. The molecule has 0 bridgehead atoms. The molecule has 0 aromatic heterocycles. The summed E-state index contributed by atoms with van der Waals surface area (Å²) in [5, 5.41) is 0.